The lowest BCUT2D eigenvalue weighted by molar-refractivity contribution is 0.0636. The molecule has 6 heteroatoms. The smallest absolute Gasteiger partial charge is 0.412 e. The van der Waals surface area contributed by atoms with E-state index in [4.69, 9.17) is 4.74 Å². The largest absolute Gasteiger partial charge is 0.444 e. The summed E-state index contributed by atoms with van der Waals surface area (Å²) >= 11 is 0. The highest BCUT2D eigenvalue weighted by Gasteiger charge is 2.18. The summed E-state index contributed by atoms with van der Waals surface area (Å²) in [5, 5.41) is 7.13. The predicted octanol–water partition coefficient (Wildman–Crippen LogP) is 2.88. The molecule has 1 N–H and O–H groups in total. The van der Waals surface area contributed by atoms with Gasteiger partial charge in [0.1, 0.15) is 16.6 Å². The number of ether oxygens (including phenoxy) is 1. The van der Waals surface area contributed by atoms with Gasteiger partial charge in [0.2, 0.25) is 0 Å². The van der Waals surface area contributed by atoms with Crippen LogP contribution in [0.2, 0.25) is 0 Å². The Balaban J connectivity index is 2.32. The number of hydrogen-bond acceptors (Lipinski definition) is 4. The number of carbonyl (C=O) groups is 1. The Hall–Kier alpha value is -2.11. The Morgan fingerprint density at radius 3 is 2.75 bits per heavy atom. The topological polar surface area (TPSA) is 69.0 Å². The summed E-state index contributed by atoms with van der Waals surface area (Å²) in [5.74, 6) is 0. The van der Waals surface area contributed by atoms with Gasteiger partial charge in [0.25, 0.3) is 0 Å². The Morgan fingerprint density at radius 1 is 1.45 bits per heavy atom. The highest BCUT2D eigenvalue weighted by Crippen LogP contribution is 2.24. The fourth-order valence-corrected chi connectivity index (χ4v) is 2.00. The van der Waals surface area contributed by atoms with Crippen LogP contribution in [0.1, 0.15) is 33.3 Å². The lowest BCUT2D eigenvalue weighted by Crippen LogP contribution is -2.27. The predicted molar refractivity (Wildman–Crippen MR) is 77.7 cm³/mol. The van der Waals surface area contributed by atoms with Gasteiger partial charge in [-0.2, -0.15) is 5.10 Å². The summed E-state index contributed by atoms with van der Waals surface area (Å²) in [6.07, 6.45) is 3.77. The average molecular weight is 276 g/mol. The number of amides is 1. The zero-order valence-corrected chi connectivity index (χ0v) is 12.5. The van der Waals surface area contributed by atoms with Crippen LogP contribution in [0.4, 0.5) is 10.5 Å². The minimum Gasteiger partial charge on any atom is -0.444 e. The van der Waals surface area contributed by atoms with E-state index in [1.165, 1.54) is 0 Å². The van der Waals surface area contributed by atoms with E-state index in [0.29, 0.717) is 5.69 Å². The number of nitrogens with zero attached hydrogens (tertiary/aromatic N) is 3. The molecule has 0 fully saturated rings. The molecule has 1 amide bonds. The third-order valence-corrected chi connectivity index (χ3v) is 2.74. The van der Waals surface area contributed by atoms with Gasteiger partial charge in [-0.1, -0.05) is 6.92 Å². The lowest BCUT2D eigenvalue weighted by atomic mass is 10.1. The number of aryl methyl sites for hydroxylation is 2. The molecule has 0 bridgehead atoms. The molecule has 0 spiro atoms. The number of nitrogens with one attached hydrogen (secondary N) is 1. The molecule has 0 saturated carbocycles. The first-order chi connectivity index (χ1) is 9.30. The quantitative estimate of drug-likeness (QED) is 0.915. The highest BCUT2D eigenvalue weighted by atomic mass is 16.6. The van der Waals surface area contributed by atoms with Crippen LogP contribution < -0.4 is 5.32 Å². The van der Waals surface area contributed by atoms with Crippen molar-refractivity contribution in [3.63, 3.8) is 0 Å². The van der Waals surface area contributed by atoms with Gasteiger partial charge in [0.15, 0.2) is 0 Å². The van der Waals surface area contributed by atoms with Crippen LogP contribution >= 0.6 is 0 Å². The lowest BCUT2D eigenvalue weighted by Gasteiger charge is -2.20. The second-order valence-electron chi connectivity index (χ2n) is 5.67. The van der Waals surface area contributed by atoms with E-state index >= 15 is 0 Å². The second kappa shape index (κ2) is 5.11. The van der Waals surface area contributed by atoms with E-state index in [2.05, 4.69) is 15.4 Å². The monoisotopic (exact) mass is 276 g/mol. The third-order valence-electron chi connectivity index (χ3n) is 2.74. The Morgan fingerprint density at radius 2 is 2.15 bits per heavy atom. The molecule has 6 nitrogen and oxygen atoms in total. The molecule has 0 saturated heterocycles. The summed E-state index contributed by atoms with van der Waals surface area (Å²) < 4.78 is 6.97. The number of carbonyl (C=O) groups excluding carboxylic acids is 1. The first-order valence-electron chi connectivity index (χ1n) is 6.61. The van der Waals surface area contributed by atoms with Crippen LogP contribution in [0.5, 0.6) is 0 Å². The molecule has 2 aromatic rings. The van der Waals surface area contributed by atoms with Crippen molar-refractivity contribution in [1.29, 1.82) is 0 Å². The van der Waals surface area contributed by atoms with Crippen molar-refractivity contribution in [2.24, 2.45) is 7.05 Å². The van der Waals surface area contributed by atoms with Gasteiger partial charge in [0.05, 0.1) is 18.1 Å². The molecule has 0 aliphatic rings. The molecule has 0 aliphatic heterocycles. The summed E-state index contributed by atoms with van der Waals surface area (Å²) in [7, 11) is 1.85. The second-order valence-corrected chi connectivity index (χ2v) is 5.67. The maximum absolute atomic E-state index is 11.9. The Labute approximate surface area is 118 Å². The van der Waals surface area contributed by atoms with Crippen molar-refractivity contribution < 1.29 is 9.53 Å². The van der Waals surface area contributed by atoms with E-state index in [0.717, 1.165) is 23.0 Å². The van der Waals surface area contributed by atoms with Gasteiger partial charge < -0.3 is 4.74 Å². The molecular weight excluding hydrogens is 256 g/mol. The normalized spacial score (nSPS) is 11.7. The van der Waals surface area contributed by atoms with Gasteiger partial charge in [-0.05, 0) is 27.2 Å². The fraction of sp³-hybridized carbons (Fsp3) is 0.500. The number of hydrogen-bond donors (Lipinski definition) is 1. The molecule has 20 heavy (non-hydrogen) atoms. The van der Waals surface area contributed by atoms with Crippen LogP contribution in [-0.4, -0.2) is 26.5 Å². The summed E-state index contributed by atoms with van der Waals surface area (Å²) in [6.45, 7) is 7.50. The number of pyridine rings is 1. The van der Waals surface area contributed by atoms with Crippen molar-refractivity contribution in [3.8, 4) is 0 Å². The van der Waals surface area contributed by atoms with Crippen molar-refractivity contribution in [3.05, 3.63) is 18.0 Å². The van der Waals surface area contributed by atoms with E-state index < -0.39 is 11.7 Å². The van der Waals surface area contributed by atoms with Gasteiger partial charge in [-0.15, -0.1) is 0 Å². The first-order valence-corrected chi connectivity index (χ1v) is 6.61. The van der Waals surface area contributed by atoms with Gasteiger partial charge in [0, 0.05) is 12.6 Å². The van der Waals surface area contributed by atoms with E-state index in [1.54, 1.807) is 10.9 Å². The number of fused-ring (bicyclic) bond motifs is 1. The maximum atomic E-state index is 11.9. The van der Waals surface area contributed by atoms with Crippen LogP contribution in [0.15, 0.2) is 12.4 Å². The molecule has 2 heterocycles. The first kappa shape index (κ1) is 14.3. The van der Waals surface area contributed by atoms with Gasteiger partial charge in [-0.25, -0.2) is 4.79 Å². The van der Waals surface area contributed by atoms with Crippen LogP contribution in [0.3, 0.4) is 0 Å². The molecule has 0 unspecified atom stereocenters. The number of rotatable bonds is 2. The molecule has 0 atom stereocenters. The molecule has 2 rings (SSSR count). The minimum atomic E-state index is -0.529. The molecule has 2 aromatic heterocycles. The number of anilines is 1. The maximum Gasteiger partial charge on any atom is 0.412 e. The highest BCUT2D eigenvalue weighted by molar-refractivity contribution is 5.90. The van der Waals surface area contributed by atoms with Crippen LogP contribution in [-0.2, 0) is 18.2 Å². The van der Waals surface area contributed by atoms with Gasteiger partial charge in [-0.3, -0.25) is 15.0 Å². The van der Waals surface area contributed by atoms with Crippen molar-refractivity contribution >= 4 is 22.8 Å². The zero-order valence-electron chi connectivity index (χ0n) is 12.5. The Kier molecular flexibility index (Phi) is 3.65. The average Bonchev–Trinajstić information content (AvgIpc) is 2.66. The standard InChI is InChI=1S/C14H20N4O2/c1-6-9-10(16-13(19)20-14(2,3)4)7-15-11-8-18(5)17-12(9)11/h7-8H,6H2,1-5H3,(H,16,19). The molecular formula is C14H20N4O2. The molecule has 0 aliphatic carbocycles. The Bertz CT molecular complexity index is 640. The summed E-state index contributed by atoms with van der Waals surface area (Å²) in [5.41, 5.74) is 2.70. The van der Waals surface area contributed by atoms with Crippen molar-refractivity contribution in [1.82, 2.24) is 14.8 Å². The van der Waals surface area contributed by atoms with Crippen molar-refractivity contribution in [2.75, 3.05) is 5.32 Å². The molecule has 0 radical (unpaired) electrons. The van der Waals surface area contributed by atoms with Gasteiger partial charge >= 0.3 is 6.09 Å². The van der Waals surface area contributed by atoms with Crippen LogP contribution in [0, 0.1) is 0 Å². The summed E-state index contributed by atoms with van der Waals surface area (Å²) in [6, 6.07) is 0. The SMILES string of the molecule is CCc1c(NC(=O)OC(C)(C)C)cnc2cn(C)nc12. The van der Waals surface area contributed by atoms with E-state index in [1.807, 2.05) is 40.9 Å². The van der Waals surface area contributed by atoms with Crippen LogP contribution in [0.25, 0.3) is 11.0 Å². The van der Waals surface area contributed by atoms with E-state index in [9.17, 15) is 4.79 Å². The molecule has 108 valence electrons. The van der Waals surface area contributed by atoms with Crippen molar-refractivity contribution in [2.45, 2.75) is 39.7 Å². The number of aromatic nitrogens is 3. The molecule has 0 aromatic carbocycles. The minimum absolute atomic E-state index is 0.482. The third kappa shape index (κ3) is 3.07. The summed E-state index contributed by atoms with van der Waals surface area (Å²) in [4.78, 5) is 16.2. The fourth-order valence-electron chi connectivity index (χ4n) is 2.00. The zero-order chi connectivity index (χ0) is 14.9. The van der Waals surface area contributed by atoms with E-state index in [-0.39, 0.29) is 0 Å².